The van der Waals surface area contributed by atoms with Gasteiger partial charge in [0.25, 0.3) is 0 Å². The van der Waals surface area contributed by atoms with Crippen LogP contribution in [0.1, 0.15) is 26.7 Å². The molecule has 6 atom stereocenters. The monoisotopic (exact) mass is 558 g/mol. The highest BCUT2D eigenvalue weighted by atomic mass is 32.2. The van der Waals surface area contributed by atoms with Crippen molar-refractivity contribution in [2.45, 2.75) is 62.1 Å². The molecule has 3 saturated heterocycles. The van der Waals surface area contributed by atoms with Crippen molar-refractivity contribution in [2.75, 3.05) is 19.6 Å². The molecule has 5 heterocycles. The Labute approximate surface area is 228 Å². The number of nitrogens with one attached hydrogen (secondary N) is 2. The lowest BCUT2D eigenvalue weighted by molar-refractivity contribution is -0.158. The Morgan fingerprint density at radius 2 is 2.15 bits per heavy atom. The zero-order chi connectivity index (χ0) is 28.1. The number of β-lactam (4-membered cyclic amide) rings is 1. The number of thioether (sulfide) groups is 1. The maximum atomic E-state index is 13.1. The number of carbonyl (C=O) groups is 4. The minimum Gasteiger partial charge on any atom is -0.477 e. The fraction of sp³-hybridized carbons (Fsp3) is 0.652. The molecule has 5 rings (SSSR count). The minimum atomic E-state index is -1.18. The van der Waals surface area contributed by atoms with Crippen LogP contribution in [0.25, 0.3) is 0 Å². The number of carboxylic acid groups (broad SMARTS) is 1. The highest BCUT2D eigenvalue weighted by Gasteiger charge is 2.60. The van der Waals surface area contributed by atoms with Gasteiger partial charge in [0.1, 0.15) is 18.6 Å². The van der Waals surface area contributed by atoms with Crippen LogP contribution >= 0.6 is 11.8 Å². The van der Waals surface area contributed by atoms with Crippen molar-refractivity contribution in [3.8, 4) is 6.07 Å². The molecule has 208 valence electrons. The largest absolute Gasteiger partial charge is 0.477 e. The molecular weight excluding hydrogens is 528 g/mol. The van der Waals surface area contributed by atoms with Crippen molar-refractivity contribution in [3.63, 3.8) is 0 Å². The van der Waals surface area contributed by atoms with Gasteiger partial charge in [0, 0.05) is 41.7 Å². The molecule has 0 radical (unpaired) electrons. The van der Waals surface area contributed by atoms with Gasteiger partial charge in [0.2, 0.25) is 17.7 Å². The molecule has 1 aromatic heterocycles. The number of rotatable bonds is 9. The zero-order valence-corrected chi connectivity index (χ0v) is 22.3. The number of aromatic nitrogens is 4. The summed E-state index contributed by atoms with van der Waals surface area (Å²) < 4.78 is 1.27. The van der Waals surface area contributed by atoms with Gasteiger partial charge in [0.15, 0.2) is 0 Å². The first kappa shape index (κ1) is 27.0. The molecule has 0 spiro atoms. The van der Waals surface area contributed by atoms with Crippen LogP contribution < -0.4 is 16.4 Å². The number of fused-ring (bicyclic) bond motifs is 1. The second-order valence-corrected chi connectivity index (χ2v) is 12.1. The predicted molar refractivity (Wildman–Crippen MR) is 135 cm³/mol. The van der Waals surface area contributed by atoms with E-state index in [1.165, 1.54) is 27.7 Å². The predicted octanol–water partition coefficient (Wildman–Crippen LogP) is -2.13. The van der Waals surface area contributed by atoms with Crippen molar-refractivity contribution >= 4 is 35.5 Å². The van der Waals surface area contributed by atoms with E-state index in [1.807, 2.05) is 6.92 Å². The van der Waals surface area contributed by atoms with Crippen molar-refractivity contribution in [2.24, 2.45) is 17.6 Å². The van der Waals surface area contributed by atoms with Crippen LogP contribution in [-0.2, 0) is 25.7 Å². The molecule has 5 N–H and O–H groups in total. The molecular formula is C23H30N10O5S. The number of tetrazole rings is 1. The van der Waals surface area contributed by atoms with Crippen LogP contribution in [0.3, 0.4) is 0 Å². The van der Waals surface area contributed by atoms with Crippen LogP contribution in [0.4, 0.5) is 0 Å². The van der Waals surface area contributed by atoms with Gasteiger partial charge in [-0.15, -0.1) is 16.9 Å². The number of hydrogen-bond acceptors (Lipinski definition) is 11. The average Bonchev–Trinajstić information content (AvgIpc) is 3.58. The number of nitrogens with zero attached hydrogens (tertiary/aromatic N) is 7. The van der Waals surface area contributed by atoms with Crippen LogP contribution in [0.5, 0.6) is 0 Å². The third-order valence-electron chi connectivity index (χ3n) is 7.85. The summed E-state index contributed by atoms with van der Waals surface area (Å²) in [5.74, 6) is -2.77. The molecule has 16 heteroatoms. The molecule has 0 aliphatic carbocycles. The van der Waals surface area contributed by atoms with Gasteiger partial charge in [-0.25, -0.2) is 9.48 Å². The third kappa shape index (κ3) is 4.85. The van der Waals surface area contributed by atoms with E-state index in [9.17, 15) is 24.3 Å². The Morgan fingerprint density at radius 3 is 2.79 bits per heavy atom. The third-order valence-corrected chi connectivity index (χ3v) is 9.36. The minimum absolute atomic E-state index is 0.0205. The van der Waals surface area contributed by atoms with Gasteiger partial charge in [-0.3, -0.25) is 14.4 Å². The van der Waals surface area contributed by atoms with Crippen molar-refractivity contribution in [3.05, 3.63) is 16.9 Å². The van der Waals surface area contributed by atoms with Crippen molar-refractivity contribution in [1.82, 2.24) is 40.6 Å². The fourth-order valence-electron chi connectivity index (χ4n) is 6.01. The summed E-state index contributed by atoms with van der Waals surface area (Å²) in [6, 6.07) is 0.730. The normalized spacial score (nSPS) is 29.8. The van der Waals surface area contributed by atoms with E-state index in [-0.39, 0.29) is 53.6 Å². The Bertz CT molecular complexity index is 1260. The Hall–Kier alpha value is -3.55. The van der Waals surface area contributed by atoms with Crippen molar-refractivity contribution in [1.29, 1.82) is 5.26 Å². The Balaban J connectivity index is 1.21. The molecule has 15 nitrogen and oxygen atoms in total. The maximum absolute atomic E-state index is 13.1. The Kier molecular flexibility index (Phi) is 7.08. The van der Waals surface area contributed by atoms with Crippen LogP contribution in [0.2, 0.25) is 0 Å². The highest BCUT2D eigenvalue weighted by Crippen LogP contribution is 2.51. The molecule has 0 saturated carbocycles. The summed E-state index contributed by atoms with van der Waals surface area (Å²) in [5.41, 5.74) is 5.43. The van der Waals surface area contributed by atoms with Gasteiger partial charge >= 0.3 is 5.97 Å². The highest BCUT2D eigenvalue weighted by molar-refractivity contribution is 8.03. The first-order valence-electron chi connectivity index (χ1n) is 12.7. The summed E-state index contributed by atoms with van der Waals surface area (Å²) in [6.07, 6.45) is 2.01. The lowest BCUT2D eigenvalue weighted by atomic mass is 9.78. The van der Waals surface area contributed by atoms with E-state index in [4.69, 9.17) is 11.0 Å². The zero-order valence-electron chi connectivity index (χ0n) is 21.5. The molecule has 3 amide bonds. The smallest absolute Gasteiger partial charge is 0.353 e. The number of amides is 3. The van der Waals surface area contributed by atoms with Gasteiger partial charge in [0.05, 0.1) is 36.0 Å². The maximum Gasteiger partial charge on any atom is 0.353 e. The first-order chi connectivity index (χ1) is 18.5. The molecule has 39 heavy (non-hydrogen) atoms. The molecule has 0 bridgehead atoms. The van der Waals surface area contributed by atoms with Crippen LogP contribution in [0, 0.1) is 23.2 Å². The summed E-state index contributed by atoms with van der Waals surface area (Å²) in [7, 11) is 0. The summed E-state index contributed by atoms with van der Waals surface area (Å²) in [4.78, 5) is 54.3. The first-order valence-corrected chi connectivity index (χ1v) is 13.6. The van der Waals surface area contributed by atoms with E-state index in [0.29, 0.717) is 31.0 Å². The number of carbonyl (C=O) groups excluding carboxylic acids is 3. The van der Waals surface area contributed by atoms with Gasteiger partial charge < -0.3 is 31.3 Å². The topological polar surface area (TPSA) is 212 Å². The molecule has 3 fully saturated rings. The van der Waals surface area contributed by atoms with Crippen LogP contribution in [0.15, 0.2) is 16.9 Å². The van der Waals surface area contributed by atoms with Gasteiger partial charge in [-0.2, -0.15) is 5.26 Å². The lowest BCUT2D eigenvalue weighted by Gasteiger charge is -2.47. The van der Waals surface area contributed by atoms with E-state index in [1.54, 1.807) is 11.8 Å². The van der Waals surface area contributed by atoms with E-state index in [0.717, 1.165) is 0 Å². The average molecular weight is 559 g/mol. The van der Waals surface area contributed by atoms with E-state index in [2.05, 4.69) is 32.2 Å². The summed E-state index contributed by atoms with van der Waals surface area (Å²) >= 11 is 1.40. The van der Waals surface area contributed by atoms with Gasteiger partial charge in [-0.05, 0) is 23.8 Å². The molecule has 0 aromatic carbocycles. The van der Waals surface area contributed by atoms with E-state index >= 15 is 0 Å². The Morgan fingerprint density at radius 1 is 1.41 bits per heavy atom. The number of likely N-dealkylation sites (tertiary alicyclic amines) is 1. The number of hydrogen-bond donors (Lipinski definition) is 4. The fourth-order valence-corrected chi connectivity index (χ4v) is 7.48. The molecule has 4 aliphatic heterocycles. The van der Waals surface area contributed by atoms with Gasteiger partial charge in [-0.1, -0.05) is 6.92 Å². The standard InChI is InChI=1S/C23H30N10O5S/c1-11-17-16(12(2)28-15(34)7-32-10-27-29-30-32)21(36)33(17)18(22(37)38)19(11)39-13-5-14(26-6-13)20(35)31-8-23(25,9-31)3-4-24/h10-14,16-17,26H,3,5-9,25H2,1-2H3,(H,28,34)(H,37,38)/t11-,12-,13+,14+,16-,17-/m1/s1. The molecule has 0 unspecified atom stereocenters. The number of carboxylic acids is 1. The second kappa shape index (κ2) is 10.2. The van der Waals surface area contributed by atoms with Crippen LogP contribution in [-0.4, -0.2) is 107 Å². The summed E-state index contributed by atoms with van der Waals surface area (Å²) in [6.45, 7) is 4.71. The second-order valence-electron chi connectivity index (χ2n) is 10.7. The SMILES string of the molecule is C[C@@H](NC(=O)Cn1cnnn1)[C@H]1C(=O)N2C(C(=O)O)=C(S[C@@H]3CN[C@H](C(=O)N4CC(N)(CC#N)C4)C3)[C@H](C)[C@H]12. The molecule has 1 aromatic rings. The molecule has 4 aliphatic rings. The lowest BCUT2D eigenvalue weighted by Crippen LogP contribution is -2.70. The summed E-state index contributed by atoms with van der Waals surface area (Å²) in [5, 5.41) is 35.5. The van der Waals surface area contributed by atoms with Crippen molar-refractivity contribution < 1.29 is 24.3 Å². The number of nitriles is 1. The van der Waals surface area contributed by atoms with E-state index < -0.39 is 29.5 Å². The quantitative estimate of drug-likeness (QED) is 0.239. The number of nitrogens with two attached hydrogens (primary N) is 1. The number of aliphatic carboxylic acids is 1.